The summed E-state index contributed by atoms with van der Waals surface area (Å²) < 4.78 is 5.40. The van der Waals surface area contributed by atoms with Gasteiger partial charge in [0.05, 0.1) is 12.8 Å². The number of hydrogen-bond acceptors (Lipinski definition) is 3. The summed E-state index contributed by atoms with van der Waals surface area (Å²) in [5, 5.41) is 0. The van der Waals surface area contributed by atoms with Crippen LogP contribution in [0.25, 0.3) is 0 Å². The minimum absolute atomic E-state index is 0.502. The molecule has 1 aliphatic carbocycles. The minimum Gasteiger partial charge on any atom is -0.468 e. The van der Waals surface area contributed by atoms with Gasteiger partial charge in [-0.05, 0) is 31.4 Å². The minimum atomic E-state index is 0.502. The second-order valence-electron chi connectivity index (χ2n) is 4.28. The molecule has 15 heavy (non-hydrogen) atoms. The Bertz CT molecular complexity index is 276. The summed E-state index contributed by atoms with van der Waals surface area (Å²) in [6.07, 6.45) is 5.49. The van der Waals surface area contributed by atoms with Gasteiger partial charge in [-0.1, -0.05) is 6.92 Å². The first-order valence-corrected chi connectivity index (χ1v) is 5.83. The number of rotatable bonds is 6. The van der Waals surface area contributed by atoms with Crippen LogP contribution < -0.4 is 5.73 Å². The number of nitrogens with zero attached hydrogens (tertiary/aromatic N) is 1. The lowest BCUT2D eigenvalue weighted by atomic mass is 10.2. The standard InChI is InChI=1S/C12H20N2O/c1-2-10(8-13)14(11-5-6-11)9-12-4-3-7-15-12/h3-4,7,10-11H,2,5-6,8-9,13H2,1H3. The van der Waals surface area contributed by atoms with Crippen molar-refractivity contribution in [2.45, 2.75) is 44.8 Å². The fraction of sp³-hybridized carbons (Fsp3) is 0.667. The zero-order valence-corrected chi connectivity index (χ0v) is 9.36. The Kier molecular flexibility index (Phi) is 3.44. The molecule has 0 radical (unpaired) electrons. The molecule has 1 unspecified atom stereocenters. The van der Waals surface area contributed by atoms with E-state index in [1.165, 1.54) is 12.8 Å². The van der Waals surface area contributed by atoms with Crippen LogP contribution in [0.5, 0.6) is 0 Å². The van der Waals surface area contributed by atoms with Crippen LogP contribution in [-0.2, 0) is 6.54 Å². The van der Waals surface area contributed by atoms with Gasteiger partial charge in [0, 0.05) is 18.6 Å². The smallest absolute Gasteiger partial charge is 0.117 e. The van der Waals surface area contributed by atoms with Gasteiger partial charge in [-0.3, -0.25) is 4.90 Å². The lowest BCUT2D eigenvalue weighted by molar-refractivity contribution is 0.163. The van der Waals surface area contributed by atoms with Crippen molar-refractivity contribution in [2.75, 3.05) is 6.54 Å². The molecule has 84 valence electrons. The number of hydrogen-bond donors (Lipinski definition) is 1. The second kappa shape index (κ2) is 4.81. The summed E-state index contributed by atoms with van der Waals surface area (Å²) in [6.45, 7) is 3.86. The van der Waals surface area contributed by atoms with E-state index in [0.29, 0.717) is 6.04 Å². The van der Waals surface area contributed by atoms with Crippen molar-refractivity contribution in [3.05, 3.63) is 24.2 Å². The molecule has 1 atom stereocenters. The molecule has 0 spiro atoms. The third kappa shape index (κ3) is 2.61. The molecule has 2 N–H and O–H groups in total. The lowest BCUT2D eigenvalue weighted by Gasteiger charge is -2.29. The highest BCUT2D eigenvalue weighted by atomic mass is 16.3. The molecule has 1 saturated carbocycles. The van der Waals surface area contributed by atoms with Crippen LogP contribution in [-0.4, -0.2) is 23.5 Å². The molecule has 0 amide bonds. The summed E-state index contributed by atoms with van der Waals surface area (Å²) in [7, 11) is 0. The maximum atomic E-state index is 5.81. The van der Waals surface area contributed by atoms with E-state index in [-0.39, 0.29) is 0 Å². The van der Waals surface area contributed by atoms with Crippen LogP contribution in [0.2, 0.25) is 0 Å². The van der Waals surface area contributed by atoms with Gasteiger partial charge in [-0.15, -0.1) is 0 Å². The summed E-state index contributed by atoms with van der Waals surface area (Å²) >= 11 is 0. The van der Waals surface area contributed by atoms with Gasteiger partial charge in [0.2, 0.25) is 0 Å². The van der Waals surface area contributed by atoms with E-state index < -0.39 is 0 Å². The summed E-state index contributed by atoms with van der Waals surface area (Å²) in [4.78, 5) is 2.50. The van der Waals surface area contributed by atoms with Crippen molar-refractivity contribution >= 4 is 0 Å². The van der Waals surface area contributed by atoms with E-state index in [4.69, 9.17) is 10.2 Å². The van der Waals surface area contributed by atoms with E-state index in [1.807, 2.05) is 12.1 Å². The monoisotopic (exact) mass is 208 g/mol. The third-order valence-corrected chi connectivity index (χ3v) is 3.15. The first-order valence-electron chi connectivity index (χ1n) is 5.83. The maximum absolute atomic E-state index is 5.81. The van der Waals surface area contributed by atoms with Gasteiger partial charge in [0.15, 0.2) is 0 Å². The Balaban J connectivity index is 1.99. The molecule has 3 heteroatoms. The van der Waals surface area contributed by atoms with Gasteiger partial charge >= 0.3 is 0 Å². The van der Waals surface area contributed by atoms with Crippen molar-refractivity contribution in [3.63, 3.8) is 0 Å². The molecule has 1 fully saturated rings. The van der Waals surface area contributed by atoms with Crippen molar-refractivity contribution < 1.29 is 4.42 Å². The zero-order chi connectivity index (χ0) is 10.7. The Labute approximate surface area is 91.2 Å². The average molecular weight is 208 g/mol. The predicted octanol–water partition coefficient (Wildman–Crippen LogP) is 1.98. The third-order valence-electron chi connectivity index (χ3n) is 3.15. The van der Waals surface area contributed by atoms with Crippen LogP contribution >= 0.6 is 0 Å². The summed E-state index contributed by atoms with van der Waals surface area (Å²) in [5.74, 6) is 1.05. The Morgan fingerprint density at radius 3 is 2.87 bits per heavy atom. The van der Waals surface area contributed by atoms with Crippen LogP contribution in [0.3, 0.4) is 0 Å². The quantitative estimate of drug-likeness (QED) is 0.777. The molecular formula is C12H20N2O. The highest BCUT2D eigenvalue weighted by Gasteiger charge is 2.33. The predicted molar refractivity (Wildman–Crippen MR) is 60.4 cm³/mol. The molecule has 1 aliphatic rings. The van der Waals surface area contributed by atoms with E-state index >= 15 is 0 Å². The van der Waals surface area contributed by atoms with Gasteiger partial charge < -0.3 is 10.2 Å². The SMILES string of the molecule is CCC(CN)N(Cc1ccco1)C1CC1. The Hall–Kier alpha value is -0.800. The molecule has 3 nitrogen and oxygen atoms in total. The zero-order valence-electron chi connectivity index (χ0n) is 9.36. The first kappa shape index (κ1) is 10.7. The van der Waals surface area contributed by atoms with Gasteiger partial charge in [-0.2, -0.15) is 0 Å². The lowest BCUT2D eigenvalue weighted by Crippen LogP contribution is -2.41. The summed E-state index contributed by atoms with van der Waals surface area (Å²) in [5.41, 5.74) is 5.81. The van der Waals surface area contributed by atoms with Crippen LogP contribution in [0.1, 0.15) is 31.9 Å². The van der Waals surface area contributed by atoms with Crippen molar-refractivity contribution in [1.82, 2.24) is 4.90 Å². The van der Waals surface area contributed by atoms with E-state index in [2.05, 4.69) is 11.8 Å². The highest BCUT2D eigenvalue weighted by molar-refractivity contribution is 5.00. The summed E-state index contributed by atoms with van der Waals surface area (Å²) in [6, 6.07) is 5.23. The van der Waals surface area contributed by atoms with Crippen molar-refractivity contribution in [2.24, 2.45) is 5.73 Å². The molecule has 1 heterocycles. The van der Waals surface area contributed by atoms with E-state index in [9.17, 15) is 0 Å². The fourth-order valence-electron chi connectivity index (χ4n) is 2.08. The topological polar surface area (TPSA) is 42.4 Å². The van der Waals surface area contributed by atoms with E-state index in [1.54, 1.807) is 6.26 Å². The second-order valence-corrected chi connectivity index (χ2v) is 4.28. The maximum Gasteiger partial charge on any atom is 0.117 e. The van der Waals surface area contributed by atoms with Gasteiger partial charge in [0.1, 0.15) is 5.76 Å². The molecule has 0 saturated heterocycles. The number of nitrogens with two attached hydrogens (primary N) is 1. The average Bonchev–Trinajstić information content (AvgIpc) is 2.97. The fourth-order valence-corrected chi connectivity index (χ4v) is 2.08. The highest BCUT2D eigenvalue weighted by Crippen LogP contribution is 2.30. The Morgan fingerprint density at radius 1 is 1.60 bits per heavy atom. The molecule has 0 bridgehead atoms. The van der Waals surface area contributed by atoms with Crippen LogP contribution in [0.15, 0.2) is 22.8 Å². The Morgan fingerprint density at radius 2 is 2.40 bits per heavy atom. The van der Waals surface area contributed by atoms with Crippen LogP contribution in [0.4, 0.5) is 0 Å². The van der Waals surface area contributed by atoms with Gasteiger partial charge in [-0.25, -0.2) is 0 Å². The normalized spacial score (nSPS) is 18.3. The molecule has 1 aromatic rings. The molecular weight excluding hydrogens is 188 g/mol. The number of furan rings is 1. The molecule has 0 aliphatic heterocycles. The van der Waals surface area contributed by atoms with Gasteiger partial charge in [0.25, 0.3) is 0 Å². The van der Waals surface area contributed by atoms with E-state index in [0.717, 1.165) is 31.3 Å². The van der Waals surface area contributed by atoms with Crippen LogP contribution in [0, 0.1) is 0 Å². The first-order chi connectivity index (χ1) is 7.35. The van der Waals surface area contributed by atoms with Crippen molar-refractivity contribution in [3.8, 4) is 0 Å². The molecule has 1 aromatic heterocycles. The largest absolute Gasteiger partial charge is 0.468 e. The molecule has 2 rings (SSSR count). The molecule has 0 aromatic carbocycles. The van der Waals surface area contributed by atoms with Crippen molar-refractivity contribution in [1.29, 1.82) is 0 Å².